The highest BCUT2D eigenvalue weighted by Gasteiger charge is 2.35. The smallest absolute Gasteiger partial charge is 0.243 e. The molecule has 1 fully saturated rings. The fourth-order valence-electron chi connectivity index (χ4n) is 3.33. The van der Waals surface area contributed by atoms with Gasteiger partial charge < -0.3 is 21.7 Å². The van der Waals surface area contributed by atoms with Gasteiger partial charge in [-0.15, -0.1) is 0 Å². The molecule has 5 N–H and O–H groups in total. The van der Waals surface area contributed by atoms with E-state index in [4.69, 9.17) is 5.73 Å². The largest absolute Gasteiger partial charge is 0.368 e. The summed E-state index contributed by atoms with van der Waals surface area (Å²) in [6.07, 6.45) is 0.309. The fraction of sp³-hybridized carbons (Fsp3) is 0.273. The predicted molar refractivity (Wildman–Crippen MR) is 123 cm³/mol. The molecule has 4 amide bonds. The number of nitrogens with one attached hydrogen (secondary N) is 3. The summed E-state index contributed by atoms with van der Waals surface area (Å²) in [4.78, 5) is 49.1. The van der Waals surface area contributed by atoms with E-state index in [-0.39, 0.29) is 18.7 Å². The van der Waals surface area contributed by atoms with E-state index in [0.29, 0.717) is 6.42 Å². The minimum atomic E-state index is -1.01. The Labute approximate surface area is 193 Å². The van der Waals surface area contributed by atoms with Crippen molar-refractivity contribution in [2.75, 3.05) is 0 Å². The van der Waals surface area contributed by atoms with Gasteiger partial charge in [-0.05, 0) is 45.9 Å². The summed E-state index contributed by atoms with van der Waals surface area (Å²) in [5.74, 6) is -2.02. The van der Waals surface area contributed by atoms with Gasteiger partial charge in [0.05, 0.1) is 6.42 Å². The first-order chi connectivity index (χ1) is 14.8. The van der Waals surface area contributed by atoms with Crippen molar-refractivity contribution in [3.05, 3.63) is 69.3 Å². The van der Waals surface area contributed by atoms with Crippen LogP contribution in [0.25, 0.3) is 0 Å². The van der Waals surface area contributed by atoms with Crippen LogP contribution < -0.4 is 21.7 Å². The summed E-state index contributed by atoms with van der Waals surface area (Å²) in [5.41, 5.74) is 7.19. The number of hydrogen-bond donors (Lipinski definition) is 4. The molecule has 1 saturated heterocycles. The summed E-state index contributed by atoms with van der Waals surface area (Å²) in [6.45, 7) is 0. The van der Waals surface area contributed by atoms with Crippen LogP contribution in [-0.2, 0) is 32.0 Å². The normalized spacial score (nSPS) is 19.1. The van der Waals surface area contributed by atoms with E-state index < -0.39 is 35.8 Å². The summed E-state index contributed by atoms with van der Waals surface area (Å²) >= 11 is 2.17. The number of nitrogens with two attached hydrogens (primary N) is 1. The first-order valence-electron chi connectivity index (χ1n) is 9.79. The Hall–Kier alpha value is -2.95. The number of carbonyl (C=O) groups is 4. The predicted octanol–water partition coefficient (Wildman–Crippen LogP) is 0.420. The van der Waals surface area contributed by atoms with E-state index in [1.54, 1.807) is 0 Å². The molecule has 9 heteroatoms. The molecule has 0 aliphatic carbocycles. The molecule has 1 heterocycles. The molecule has 0 radical (unpaired) electrons. The second kappa shape index (κ2) is 10.4. The monoisotopic (exact) mass is 534 g/mol. The molecular weight excluding hydrogens is 511 g/mol. The Bertz CT molecular complexity index is 965. The van der Waals surface area contributed by atoms with Crippen molar-refractivity contribution < 1.29 is 19.2 Å². The average molecular weight is 534 g/mol. The lowest BCUT2D eigenvalue weighted by Crippen LogP contribution is -2.63. The third kappa shape index (κ3) is 6.51. The Morgan fingerprint density at radius 3 is 2.19 bits per heavy atom. The van der Waals surface area contributed by atoms with Gasteiger partial charge in [0, 0.05) is 16.4 Å². The van der Waals surface area contributed by atoms with E-state index >= 15 is 0 Å². The third-order valence-electron chi connectivity index (χ3n) is 4.97. The van der Waals surface area contributed by atoms with Crippen LogP contribution in [0.4, 0.5) is 0 Å². The number of hydrogen-bond acceptors (Lipinski definition) is 4. The van der Waals surface area contributed by atoms with Crippen LogP contribution in [0.2, 0.25) is 0 Å². The average Bonchev–Trinajstić information content (AvgIpc) is 2.73. The number of rotatable bonds is 8. The number of amides is 4. The van der Waals surface area contributed by atoms with Gasteiger partial charge in [-0.3, -0.25) is 19.2 Å². The Morgan fingerprint density at radius 1 is 0.935 bits per heavy atom. The maximum Gasteiger partial charge on any atom is 0.243 e. The lowest BCUT2D eigenvalue weighted by Gasteiger charge is -2.29. The molecule has 0 spiro atoms. The van der Waals surface area contributed by atoms with Crippen molar-refractivity contribution in [1.82, 2.24) is 16.0 Å². The highest BCUT2D eigenvalue weighted by Crippen LogP contribution is 2.11. The molecule has 31 heavy (non-hydrogen) atoms. The highest BCUT2D eigenvalue weighted by atomic mass is 127. The standard InChI is InChI=1S/C22H23IN4O4/c23-15-8-6-14(7-9-15)10-16(20(24)29)25-19(28)12-18-22(31)26-17(21(30)27-18)11-13-4-2-1-3-5-13/h1-9,16-18H,10-12H2,(H2,24,29)(H,25,28)(H,26,31)(H,27,30)/t16-,17+,18+/m1/s1. The lowest BCUT2D eigenvalue weighted by molar-refractivity contribution is -0.138. The van der Waals surface area contributed by atoms with Crippen LogP contribution in [0.3, 0.4) is 0 Å². The van der Waals surface area contributed by atoms with Crippen LogP contribution in [0.5, 0.6) is 0 Å². The van der Waals surface area contributed by atoms with Crippen molar-refractivity contribution >= 4 is 46.2 Å². The molecular formula is C22H23IN4O4. The number of benzene rings is 2. The minimum absolute atomic E-state index is 0.236. The lowest BCUT2D eigenvalue weighted by atomic mass is 10.0. The van der Waals surface area contributed by atoms with Gasteiger partial charge in [-0.1, -0.05) is 42.5 Å². The Balaban J connectivity index is 1.55. The number of primary amides is 1. The van der Waals surface area contributed by atoms with E-state index in [2.05, 4.69) is 38.5 Å². The van der Waals surface area contributed by atoms with Gasteiger partial charge in [-0.25, -0.2) is 0 Å². The second-order valence-electron chi connectivity index (χ2n) is 7.37. The molecule has 1 aliphatic rings. The Kier molecular flexibility index (Phi) is 7.61. The van der Waals surface area contributed by atoms with E-state index in [9.17, 15) is 19.2 Å². The minimum Gasteiger partial charge on any atom is -0.368 e. The molecule has 3 rings (SSSR count). The van der Waals surface area contributed by atoms with Gasteiger partial charge in [0.25, 0.3) is 0 Å². The number of piperazine rings is 1. The molecule has 1 aliphatic heterocycles. The molecule has 0 saturated carbocycles. The zero-order valence-electron chi connectivity index (χ0n) is 16.6. The van der Waals surface area contributed by atoms with Crippen molar-refractivity contribution in [2.24, 2.45) is 5.73 Å². The topological polar surface area (TPSA) is 130 Å². The molecule has 3 atom stereocenters. The molecule has 162 valence electrons. The molecule has 0 bridgehead atoms. The second-order valence-corrected chi connectivity index (χ2v) is 8.61. The number of carbonyl (C=O) groups excluding carboxylic acids is 4. The van der Waals surface area contributed by atoms with Crippen molar-refractivity contribution in [1.29, 1.82) is 0 Å². The quantitative estimate of drug-likeness (QED) is 0.366. The van der Waals surface area contributed by atoms with E-state index in [1.165, 1.54) is 0 Å². The molecule has 0 unspecified atom stereocenters. The SMILES string of the molecule is NC(=O)[C@@H](Cc1ccc(I)cc1)NC(=O)C[C@@H]1NC(=O)[C@H](Cc2ccccc2)NC1=O. The highest BCUT2D eigenvalue weighted by molar-refractivity contribution is 14.1. The zero-order chi connectivity index (χ0) is 22.4. The maximum atomic E-state index is 12.4. The van der Waals surface area contributed by atoms with Crippen LogP contribution in [0, 0.1) is 3.57 Å². The molecule has 2 aromatic carbocycles. The summed E-state index contributed by atoms with van der Waals surface area (Å²) in [7, 11) is 0. The van der Waals surface area contributed by atoms with Crippen molar-refractivity contribution in [3.63, 3.8) is 0 Å². The van der Waals surface area contributed by atoms with E-state index in [0.717, 1.165) is 14.7 Å². The van der Waals surface area contributed by atoms with Gasteiger partial charge in [0.2, 0.25) is 23.6 Å². The first kappa shape index (κ1) is 22.7. The van der Waals surface area contributed by atoms with Gasteiger partial charge >= 0.3 is 0 Å². The molecule has 8 nitrogen and oxygen atoms in total. The van der Waals surface area contributed by atoms with Crippen LogP contribution in [0.15, 0.2) is 54.6 Å². The van der Waals surface area contributed by atoms with Crippen LogP contribution in [0.1, 0.15) is 17.5 Å². The number of halogens is 1. The fourth-order valence-corrected chi connectivity index (χ4v) is 3.69. The zero-order valence-corrected chi connectivity index (χ0v) is 18.8. The Morgan fingerprint density at radius 2 is 1.55 bits per heavy atom. The summed E-state index contributed by atoms with van der Waals surface area (Å²) < 4.78 is 1.05. The van der Waals surface area contributed by atoms with Crippen LogP contribution >= 0.6 is 22.6 Å². The van der Waals surface area contributed by atoms with Gasteiger partial charge in [-0.2, -0.15) is 0 Å². The third-order valence-corrected chi connectivity index (χ3v) is 5.69. The first-order valence-corrected chi connectivity index (χ1v) is 10.9. The van der Waals surface area contributed by atoms with Gasteiger partial charge in [0.15, 0.2) is 0 Å². The van der Waals surface area contributed by atoms with Crippen LogP contribution in [-0.4, -0.2) is 41.8 Å². The molecule has 0 aromatic heterocycles. The maximum absolute atomic E-state index is 12.4. The summed E-state index contributed by atoms with van der Waals surface area (Å²) in [5, 5.41) is 7.83. The summed E-state index contributed by atoms with van der Waals surface area (Å²) in [6, 6.07) is 14.2. The van der Waals surface area contributed by atoms with Crippen molar-refractivity contribution in [3.8, 4) is 0 Å². The van der Waals surface area contributed by atoms with Gasteiger partial charge in [0.1, 0.15) is 18.1 Å². The van der Waals surface area contributed by atoms with E-state index in [1.807, 2.05) is 54.6 Å². The van der Waals surface area contributed by atoms with Crippen molar-refractivity contribution in [2.45, 2.75) is 37.4 Å². The molecule has 2 aromatic rings.